The lowest BCUT2D eigenvalue weighted by atomic mass is 10.0. The van der Waals surface area contributed by atoms with Gasteiger partial charge in [-0.25, -0.2) is 5.01 Å². The highest BCUT2D eigenvalue weighted by Gasteiger charge is 2.34. The Balaban J connectivity index is 1.38. The molecule has 0 spiro atoms. The fourth-order valence-corrected chi connectivity index (χ4v) is 3.98. The molecule has 1 atom stereocenters. The van der Waals surface area contributed by atoms with Crippen LogP contribution in [0.15, 0.2) is 91.0 Å². The van der Waals surface area contributed by atoms with Gasteiger partial charge in [0.1, 0.15) is 11.9 Å². The van der Waals surface area contributed by atoms with Crippen molar-refractivity contribution in [3.05, 3.63) is 108 Å². The SMILES string of the molecule is Cc1ccc(C2Nc3ccccc3C(=O)N2NC(=O)COc2cccc3ccccc23)cc1. The first-order valence-electron chi connectivity index (χ1n) is 10.8. The zero-order chi connectivity index (χ0) is 22.8. The van der Waals surface area contributed by atoms with Gasteiger partial charge in [0.15, 0.2) is 6.61 Å². The first kappa shape index (κ1) is 20.6. The van der Waals surface area contributed by atoms with Gasteiger partial charge in [-0.05, 0) is 36.1 Å². The lowest BCUT2D eigenvalue weighted by Crippen LogP contribution is -2.53. The average molecular weight is 437 g/mol. The summed E-state index contributed by atoms with van der Waals surface area (Å²) in [7, 11) is 0. The predicted molar refractivity (Wildman–Crippen MR) is 128 cm³/mol. The minimum Gasteiger partial charge on any atom is -0.483 e. The van der Waals surface area contributed by atoms with E-state index >= 15 is 0 Å². The van der Waals surface area contributed by atoms with Crippen LogP contribution in [-0.2, 0) is 4.79 Å². The van der Waals surface area contributed by atoms with Crippen LogP contribution in [0.5, 0.6) is 5.75 Å². The molecule has 0 saturated carbocycles. The number of hydrogen-bond acceptors (Lipinski definition) is 4. The van der Waals surface area contributed by atoms with Crippen molar-refractivity contribution in [3.63, 3.8) is 0 Å². The molecule has 2 N–H and O–H groups in total. The van der Waals surface area contributed by atoms with E-state index < -0.39 is 12.1 Å². The lowest BCUT2D eigenvalue weighted by molar-refractivity contribution is -0.127. The van der Waals surface area contributed by atoms with Crippen molar-refractivity contribution >= 4 is 28.3 Å². The van der Waals surface area contributed by atoms with Crippen molar-refractivity contribution in [3.8, 4) is 5.75 Å². The summed E-state index contributed by atoms with van der Waals surface area (Å²) in [6, 6.07) is 28.6. The van der Waals surface area contributed by atoms with Crippen molar-refractivity contribution < 1.29 is 14.3 Å². The fourth-order valence-electron chi connectivity index (χ4n) is 3.98. The van der Waals surface area contributed by atoms with Gasteiger partial charge in [-0.15, -0.1) is 0 Å². The summed E-state index contributed by atoms with van der Waals surface area (Å²) in [5.41, 5.74) is 5.94. The van der Waals surface area contributed by atoms with E-state index in [2.05, 4.69) is 10.7 Å². The Bertz CT molecular complexity index is 1330. The van der Waals surface area contributed by atoms with Crippen LogP contribution in [-0.4, -0.2) is 23.4 Å². The number of fused-ring (bicyclic) bond motifs is 2. The number of carbonyl (C=O) groups is 2. The second-order valence-electron chi connectivity index (χ2n) is 7.98. The maximum absolute atomic E-state index is 13.3. The third-order valence-corrected chi connectivity index (χ3v) is 5.67. The summed E-state index contributed by atoms with van der Waals surface area (Å²) >= 11 is 0. The minimum atomic E-state index is -0.547. The third-order valence-electron chi connectivity index (χ3n) is 5.67. The van der Waals surface area contributed by atoms with E-state index in [4.69, 9.17) is 4.74 Å². The Morgan fingerprint density at radius 1 is 0.939 bits per heavy atom. The molecule has 1 aliphatic rings. The highest BCUT2D eigenvalue weighted by molar-refractivity contribution is 6.02. The minimum absolute atomic E-state index is 0.222. The molecular formula is C27H23N3O3. The molecule has 0 bridgehead atoms. The number of benzene rings is 4. The van der Waals surface area contributed by atoms with Crippen LogP contribution >= 0.6 is 0 Å². The monoisotopic (exact) mass is 437 g/mol. The van der Waals surface area contributed by atoms with Gasteiger partial charge in [-0.1, -0.05) is 78.4 Å². The first-order valence-corrected chi connectivity index (χ1v) is 10.8. The van der Waals surface area contributed by atoms with Crippen molar-refractivity contribution in [1.82, 2.24) is 10.4 Å². The Morgan fingerprint density at radius 2 is 1.67 bits per heavy atom. The number of rotatable bonds is 5. The van der Waals surface area contributed by atoms with E-state index in [0.717, 1.165) is 27.6 Å². The van der Waals surface area contributed by atoms with Crippen molar-refractivity contribution in [1.29, 1.82) is 0 Å². The Hall–Kier alpha value is -4.32. The quantitative estimate of drug-likeness (QED) is 0.469. The Kier molecular flexibility index (Phi) is 5.40. The van der Waals surface area contributed by atoms with Crippen molar-refractivity contribution in [2.45, 2.75) is 13.1 Å². The number of aryl methyl sites for hydroxylation is 1. The van der Waals surface area contributed by atoms with Gasteiger partial charge in [-0.3, -0.25) is 15.0 Å². The van der Waals surface area contributed by atoms with E-state index in [1.807, 2.05) is 85.8 Å². The van der Waals surface area contributed by atoms with Crippen LogP contribution in [0.1, 0.15) is 27.7 Å². The molecule has 164 valence electrons. The predicted octanol–water partition coefficient (Wildman–Crippen LogP) is 4.82. The van der Waals surface area contributed by atoms with Crippen LogP contribution in [0.25, 0.3) is 10.8 Å². The fraction of sp³-hybridized carbons (Fsp3) is 0.111. The van der Waals surface area contributed by atoms with Crippen LogP contribution < -0.4 is 15.5 Å². The first-order chi connectivity index (χ1) is 16.1. The molecule has 33 heavy (non-hydrogen) atoms. The molecule has 1 heterocycles. The topological polar surface area (TPSA) is 70.7 Å². The number of para-hydroxylation sites is 1. The van der Waals surface area contributed by atoms with E-state index in [1.54, 1.807) is 12.1 Å². The van der Waals surface area contributed by atoms with Crippen LogP contribution in [0.3, 0.4) is 0 Å². The molecule has 6 heteroatoms. The molecule has 0 saturated heterocycles. The number of amides is 2. The summed E-state index contributed by atoms with van der Waals surface area (Å²) in [5, 5.41) is 6.66. The molecule has 0 radical (unpaired) electrons. The van der Waals surface area contributed by atoms with Crippen LogP contribution in [0.2, 0.25) is 0 Å². The molecule has 0 aromatic heterocycles. The highest BCUT2D eigenvalue weighted by atomic mass is 16.5. The van der Waals surface area contributed by atoms with E-state index in [1.165, 1.54) is 5.01 Å². The van der Waals surface area contributed by atoms with Gasteiger partial charge < -0.3 is 10.1 Å². The molecule has 4 aromatic carbocycles. The van der Waals surface area contributed by atoms with Gasteiger partial charge in [0.25, 0.3) is 11.8 Å². The van der Waals surface area contributed by atoms with Gasteiger partial charge in [-0.2, -0.15) is 0 Å². The van der Waals surface area contributed by atoms with Crippen LogP contribution in [0, 0.1) is 6.92 Å². The second-order valence-corrected chi connectivity index (χ2v) is 7.98. The smallest absolute Gasteiger partial charge is 0.276 e. The summed E-state index contributed by atoms with van der Waals surface area (Å²) in [5.74, 6) is -0.0882. The molecule has 5 rings (SSSR count). The summed E-state index contributed by atoms with van der Waals surface area (Å²) in [4.78, 5) is 26.1. The van der Waals surface area contributed by atoms with E-state index in [-0.39, 0.29) is 12.5 Å². The molecule has 0 aliphatic carbocycles. The largest absolute Gasteiger partial charge is 0.483 e. The number of hydrazine groups is 1. The van der Waals surface area contributed by atoms with E-state index in [9.17, 15) is 9.59 Å². The molecule has 1 unspecified atom stereocenters. The average Bonchev–Trinajstić information content (AvgIpc) is 2.85. The van der Waals surface area contributed by atoms with Gasteiger partial charge >= 0.3 is 0 Å². The van der Waals surface area contributed by atoms with Gasteiger partial charge in [0, 0.05) is 11.1 Å². The number of anilines is 1. The maximum atomic E-state index is 13.3. The Labute approximate surface area is 191 Å². The lowest BCUT2D eigenvalue weighted by Gasteiger charge is -2.37. The molecular weight excluding hydrogens is 414 g/mol. The van der Waals surface area contributed by atoms with Crippen molar-refractivity contribution in [2.75, 3.05) is 11.9 Å². The number of hydrogen-bond donors (Lipinski definition) is 2. The number of carbonyl (C=O) groups excluding carboxylic acids is 2. The van der Waals surface area contributed by atoms with E-state index in [0.29, 0.717) is 11.3 Å². The molecule has 2 amide bonds. The zero-order valence-electron chi connectivity index (χ0n) is 18.1. The van der Waals surface area contributed by atoms with Gasteiger partial charge in [0.05, 0.1) is 5.56 Å². The van der Waals surface area contributed by atoms with Crippen molar-refractivity contribution in [2.24, 2.45) is 0 Å². The molecule has 4 aromatic rings. The normalized spacial score (nSPS) is 15.0. The zero-order valence-corrected chi connectivity index (χ0v) is 18.1. The second kappa shape index (κ2) is 8.67. The summed E-state index contributed by atoms with van der Waals surface area (Å²) < 4.78 is 5.81. The summed E-state index contributed by atoms with van der Waals surface area (Å²) in [6.07, 6.45) is -0.547. The Morgan fingerprint density at radius 3 is 2.52 bits per heavy atom. The number of ether oxygens (including phenoxy) is 1. The summed E-state index contributed by atoms with van der Waals surface area (Å²) in [6.45, 7) is 1.78. The van der Waals surface area contributed by atoms with Crippen LogP contribution in [0.4, 0.5) is 5.69 Å². The highest BCUT2D eigenvalue weighted by Crippen LogP contribution is 2.32. The maximum Gasteiger partial charge on any atom is 0.276 e. The molecule has 6 nitrogen and oxygen atoms in total. The molecule has 1 aliphatic heterocycles. The standard InChI is InChI=1S/C27H23N3O3/c1-18-13-15-20(16-14-18)26-28-23-11-5-4-10-22(23)27(32)30(26)29-25(31)17-33-24-12-6-8-19-7-2-3-9-21(19)24/h2-16,26,28H,17H2,1H3,(H,29,31). The number of nitrogens with one attached hydrogen (secondary N) is 2. The molecule has 0 fully saturated rings. The number of nitrogens with zero attached hydrogens (tertiary/aromatic N) is 1. The third kappa shape index (κ3) is 4.11. The van der Waals surface area contributed by atoms with Gasteiger partial charge in [0.2, 0.25) is 0 Å².